The molecule has 1 aliphatic rings. The first-order chi connectivity index (χ1) is 13.3. The highest BCUT2D eigenvalue weighted by atomic mass is 19.4. The monoisotopic (exact) mass is 393 g/mol. The van der Waals surface area contributed by atoms with Crippen molar-refractivity contribution < 1.29 is 23.1 Å². The summed E-state index contributed by atoms with van der Waals surface area (Å²) in [5.74, 6) is -2.76. The van der Waals surface area contributed by atoms with Gasteiger partial charge in [0, 0.05) is 36.4 Å². The third-order valence-corrected chi connectivity index (χ3v) is 4.25. The van der Waals surface area contributed by atoms with Gasteiger partial charge < -0.3 is 15.4 Å². The zero-order valence-corrected chi connectivity index (χ0v) is 14.2. The Morgan fingerprint density at radius 3 is 2.68 bits per heavy atom. The maximum Gasteiger partial charge on any atom is 0.490 e. The minimum atomic E-state index is -5.08. The predicted octanol–water partition coefficient (Wildman–Crippen LogP) is 1.67. The molecule has 3 N–H and O–H groups in total. The molecule has 9 nitrogen and oxygen atoms in total. The van der Waals surface area contributed by atoms with E-state index in [1.54, 1.807) is 12.5 Å². The van der Waals surface area contributed by atoms with Crippen molar-refractivity contribution in [2.75, 3.05) is 13.1 Å². The SMILES string of the molecule is N#CCC1(n2cc(-c3ncnc4[nH]ccc34)cn2)CNC1.O=C(O)C(F)(F)F. The van der Waals surface area contributed by atoms with Crippen molar-refractivity contribution in [2.24, 2.45) is 0 Å². The molecule has 0 bridgehead atoms. The van der Waals surface area contributed by atoms with Gasteiger partial charge in [-0.3, -0.25) is 4.68 Å². The molecule has 1 saturated heterocycles. The van der Waals surface area contributed by atoms with Crippen LogP contribution in [0, 0.1) is 11.3 Å². The van der Waals surface area contributed by atoms with Gasteiger partial charge in [-0.05, 0) is 6.07 Å². The Kier molecular flexibility index (Phi) is 5.02. The lowest BCUT2D eigenvalue weighted by Gasteiger charge is -2.41. The Morgan fingerprint density at radius 1 is 1.39 bits per heavy atom. The van der Waals surface area contributed by atoms with E-state index in [9.17, 15) is 13.2 Å². The number of H-pyrrole nitrogens is 1. The van der Waals surface area contributed by atoms with Gasteiger partial charge in [0.05, 0.1) is 24.4 Å². The third-order valence-electron chi connectivity index (χ3n) is 4.25. The van der Waals surface area contributed by atoms with Crippen LogP contribution in [0.5, 0.6) is 0 Å². The summed E-state index contributed by atoms with van der Waals surface area (Å²) in [5, 5.41) is 24.8. The van der Waals surface area contributed by atoms with Gasteiger partial charge in [-0.25, -0.2) is 14.8 Å². The fourth-order valence-electron chi connectivity index (χ4n) is 2.74. The summed E-state index contributed by atoms with van der Waals surface area (Å²) in [6.45, 7) is 1.54. The maximum absolute atomic E-state index is 10.6. The van der Waals surface area contributed by atoms with Crippen molar-refractivity contribution in [2.45, 2.75) is 18.1 Å². The average Bonchev–Trinajstić information content (AvgIpc) is 3.27. The number of hydrogen-bond acceptors (Lipinski definition) is 6. The molecule has 28 heavy (non-hydrogen) atoms. The number of alkyl halides is 3. The van der Waals surface area contributed by atoms with Crippen LogP contribution in [0.1, 0.15) is 6.42 Å². The first kappa shape index (κ1) is 19.3. The summed E-state index contributed by atoms with van der Waals surface area (Å²) in [6, 6.07) is 4.21. The topological polar surface area (TPSA) is 133 Å². The van der Waals surface area contributed by atoms with E-state index in [4.69, 9.17) is 15.2 Å². The van der Waals surface area contributed by atoms with Crippen LogP contribution in [0.15, 0.2) is 31.0 Å². The minimum Gasteiger partial charge on any atom is -0.475 e. The second kappa shape index (κ2) is 7.28. The third kappa shape index (κ3) is 3.65. The number of halogens is 3. The van der Waals surface area contributed by atoms with E-state index < -0.39 is 12.1 Å². The minimum absolute atomic E-state index is 0.225. The lowest BCUT2D eigenvalue weighted by Crippen LogP contribution is -2.60. The highest BCUT2D eigenvalue weighted by Crippen LogP contribution is 2.29. The lowest BCUT2D eigenvalue weighted by molar-refractivity contribution is -0.192. The molecule has 0 atom stereocenters. The van der Waals surface area contributed by atoms with E-state index in [0.717, 1.165) is 35.4 Å². The van der Waals surface area contributed by atoms with Crippen LogP contribution in [-0.2, 0) is 10.3 Å². The standard InChI is InChI=1S/C14H13N7.C2HF3O2/c15-3-2-14(7-16-8-14)21-6-10(5-20-21)12-11-1-4-17-13(11)19-9-18-12;3-2(4,5)1(6)7/h1,4-6,9,16H,2,7-8H2,(H,17,18,19);(H,6,7). The first-order valence-electron chi connectivity index (χ1n) is 7.98. The number of nitrogens with zero attached hydrogens (tertiary/aromatic N) is 5. The van der Waals surface area contributed by atoms with Crippen molar-refractivity contribution in [3.63, 3.8) is 0 Å². The molecule has 4 rings (SSSR count). The summed E-state index contributed by atoms with van der Waals surface area (Å²) >= 11 is 0. The Labute approximate surface area is 155 Å². The Morgan fingerprint density at radius 2 is 2.11 bits per heavy atom. The van der Waals surface area contributed by atoms with Crippen LogP contribution >= 0.6 is 0 Å². The maximum atomic E-state index is 10.6. The molecule has 0 spiro atoms. The van der Waals surface area contributed by atoms with E-state index in [1.165, 1.54) is 0 Å². The first-order valence-corrected chi connectivity index (χ1v) is 7.98. The van der Waals surface area contributed by atoms with Crippen molar-refractivity contribution in [1.82, 2.24) is 30.0 Å². The lowest BCUT2D eigenvalue weighted by atomic mass is 9.89. The number of rotatable bonds is 3. The molecular weight excluding hydrogens is 379 g/mol. The summed E-state index contributed by atoms with van der Waals surface area (Å²) in [5.41, 5.74) is 2.38. The van der Waals surface area contributed by atoms with Crippen LogP contribution in [0.4, 0.5) is 13.2 Å². The highest BCUT2D eigenvalue weighted by Gasteiger charge is 2.40. The number of carboxylic acids is 1. The fourth-order valence-corrected chi connectivity index (χ4v) is 2.74. The zero-order chi connectivity index (χ0) is 20.4. The van der Waals surface area contributed by atoms with E-state index in [1.807, 2.05) is 23.1 Å². The molecule has 1 aliphatic heterocycles. The van der Waals surface area contributed by atoms with Gasteiger partial charge in [0.25, 0.3) is 0 Å². The summed E-state index contributed by atoms with van der Waals surface area (Å²) in [4.78, 5) is 20.5. The summed E-state index contributed by atoms with van der Waals surface area (Å²) < 4.78 is 33.6. The van der Waals surface area contributed by atoms with E-state index in [-0.39, 0.29) is 5.54 Å². The Bertz CT molecular complexity index is 1030. The molecule has 0 aliphatic carbocycles. The van der Waals surface area contributed by atoms with Crippen LogP contribution in [0.2, 0.25) is 0 Å². The van der Waals surface area contributed by atoms with Crippen molar-refractivity contribution >= 4 is 17.0 Å². The quantitative estimate of drug-likeness (QED) is 0.616. The van der Waals surface area contributed by atoms with Gasteiger partial charge in [-0.15, -0.1) is 0 Å². The predicted molar refractivity (Wildman–Crippen MR) is 89.9 cm³/mol. The normalized spacial score (nSPS) is 15.2. The van der Waals surface area contributed by atoms with Crippen molar-refractivity contribution in [3.8, 4) is 17.3 Å². The molecule has 0 unspecified atom stereocenters. The Hall–Kier alpha value is -3.46. The van der Waals surface area contributed by atoms with Crippen molar-refractivity contribution in [3.05, 3.63) is 31.0 Å². The number of fused-ring (bicyclic) bond motifs is 1. The number of hydrogen-bond donors (Lipinski definition) is 3. The number of carboxylic acid groups (broad SMARTS) is 1. The van der Waals surface area contributed by atoms with E-state index in [0.29, 0.717) is 6.42 Å². The second-order valence-electron chi connectivity index (χ2n) is 6.10. The van der Waals surface area contributed by atoms with Crippen molar-refractivity contribution in [1.29, 1.82) is 5.26 Å². The number of aromatic amines is 1. The molecular formula is C16H14F3N7O2. The molecule has 0 saturated carbocycles. The summed E-state index contributed by atoms with van der Waals surface area (Å²) in [7, 11) is 0. The molecule has 146 valence electrons. The number of nitrogens with one attached hydrogen (secondary N) is 2. The molecule has 4 heterocycles. The van der Waals surface area contributed by atoms with Gasteiger partial charge in [0.2, 0.25) is 0 Å². The van der Waals surface area contributed by atoms with Crippen LogP contribution in [-0.4, -0.2) is 55.1 Å². The number of nitriles is 1. The largest absolute Gasteiger partial charge is 0.490 e. The van der Waals surface area contributed by atoms with Gasteiger partial charge in [-0.1, -0.05) is 0 Å². The van der Waals surface area contributed by atoms with Crippen LogP contribution < -0.4 is 5.32 Å². The number of aromatic nitrogens is 5. The fraction of sp³-hybridized carbons (Fsp3) is 0.312. The molecule has 0 aromatic carbocycles. The number of aliphatic carboxylic acids is 1. The average molecular weight is 393 g/mol. The van der Waals surface area contributed by atoms with Crippen LogP contribution in [0.3, 0.4) is 0 Å². The van der Waals surface area contributed by atoms with E-state index >= 15 is 0 Å². The molecule has 3 aromatic rings. The van der Waals surface area contributed by atoms with Gasteiger partial charge >= 0.3 is 12.1 Å². The zero-order valence-electron chi connectivity index (χ0n) is 14.2. The second-order valence-corrected chi connectivity index (χ2v) is 6.10. The van der Waals surface area contributed by atoms with Crippen LogP contribution in [0.25, 0.3) is 22.3 Å². The van der Waals surface area contributed by atoms with E-state index in [2.05, 4.69) is 31.4 Å². The Balaban J connectivity index is 0.000000279. The molecule has 12 heteroatoms. The van der Waals surface area contributed by atoms with Gasteiger partial charge in [0.15, 0.2) is 0 Å². The van der Waals surface area contributed by atoms with Gasteiger partial charge in [0.1, 0.15) is 17.5 Å². The van der Waals surface area contributed by atoms with Gasteiger partial charge in [-0.2, -0.15) is 23.5 Å². The smallest absolute Gasteiger partial charge is 0.475 e. The molecule has 3 aromatic heterocycles. The number of carbonyl (C=O) groups is 1. The molecule has 1 fully saturated rings. The molecule has 0 amide bonds. The molecule has 0 radical (unpaired) electrons. The highest BCUT2D eigenvalue weighted by molar-refractivity contribution is 5.89. The summed E-state index contributed by atoms with van der Waals surface area (Å²) in [6.07, 6.45) is 2.52.